The molecule has 0 radical (unpaired) electrons. The Bertz CT molecular complexity index is 190. The summed E-state index contributed by atoms with van der Waals surface area (Å²) < 4.78 is 24.0. The van der Waals surface area contributed by atoms with Crippen LogP contribution in [0.15, 0.2) is 0 Å². The van der Waals surface area contributed by atoms with E-state index in [-0.39, 0.29) is 6.54 Å². The highest BCUT2D eigenvalue weighted by Gasteiger charge is 2.37. The largest absolute Gasteiger partial charge is 0.309 e. The molecule has 1 nitrogen and oxygen atoms in total. The van der Waals surface area contributed by atoms with E-state index in [0.29, 0.717) is 11.5 Å². The quantitative estimate of drug-likeness (QED) is 0.764. The lowest BCUT2D eigenvalue weighted by atomic mass is 9.71. The van der Waals surface area contributed by atoms with Crippen molar-refractivity contribution in [1.82, 2.24) is 5.32 Å². The summed E-state index contributed by atoms with van der Waals surface area (Å²) in [5, 5.41) is 2.98. The molecule has 0 amide bonds. The predicted molar refractivity (Wildman–Crippen MR) is 57.2 cm³/mol. The van der Waals surface area contributed by atoms with Crippen molar-refractivity contribution in [1.29, 1.82) is 0 Å². The summed E-state index contributed by atoms with van der Waals surface area (Å²) in [5.74, 6) is 0. The van der Waals surface area contributed by atoms with E-state index in [1.807, 2.05) is 0 Å². The fourth-order valence-corrected chi connectivity index (χ4v) is 3.32. The molecule has 1 spiro atoms. The number of nitrogens with one attached hydrogen (secondary N) is 1. The van der Waals surface area contributed by atoms with Crippen molar-refractivity contribution in [3.63, 3.8) is 0 Å². The third-order valence-electron chi connectivity index (χ3n) is 4.27. The average Bonchev–Trinajstić information content (AvgIpc) is 2.66. The minimum Gasteiger partial charge on any atom is -0.309 e. The summed E-state index contributed by atoms with van der Waals surface area (Å²) in [6, 6.07) is 0.352. The Morgan fingerprint density at radius 3 is 2.20 bits per heavy atom. The molecule has 0 unspecified atom stereocenters. The maximum Gasteiger partial charge on any atom is 0.250 e. The number of alkyl halides is 2. The fourth-order valence-electron chi connectivity index (χ4n) is 3.32. The normalized spacial score (nSPS) is 26.6. The first-order valence-corrected chi connectivity index (χ1v) is 6.22. The molecule has 1 N–H and O–H groups in total. The van der Waals surface area contributed by atoms with Crippen LogP contribution in [0.1, 0.15) is 51.4 Å². The van der Waals surface area contributed by atoms with Gasteiger partial charge in [0.1, 0.15) is 0 Å². The van der Waals surface area contributed by atoms with E-state index in [9.17, 15) is 8.78 Å². The van der Waals surface area contributed by atoms with Gasteiger partial charge in [0.15, 0.2) is 0 Å². The average molecular weight is 217 g/mol. The summed E-state index contributed by atoms with van der Waals surface area (Å²) >= 11 is 0. The van der Waals surface area contributed by atoms with Gasteiger partial charge in [0.25, 0.3) is 6.43 Å². The molecule has 3 heteroatoms. The van der Waals surface area contributed by atoms with Crippen LogP contribution in [-0.4, -0.2) is 19.0 Å². The number of hydrogen-bond donors (Lipinski definition) is 1. The van der Waals surface area contributed by atoms with Crippen LogP contribution >= 0.6 is 0 Å². The van der Waals surface area contributed by atoms with Gasteiger partial charge in [-0.15, -0.1) is 0 Å². The van der Waals surface area contributed by atoms with E-state index >= 15 is 0 Å². The molecular weight excluding hydrogens is 196 g/mol. The number of halogens is 2. The van der Waals surface area contributed by atoms with E-state index in [4.69, 9.17) is 0 Å². The zero-order chi connectivity index (χ0) is 10.7. The van der Waals surface area contributed by atoms with Crippen LogP contribution in [0.3, 0.4) is 0 Å². The summed E-state index contributed by atoms with van der Waals surface area (Å²) in [6.07, 6.45) is 8.06. The van der Waals surface area contributed by atoms with E-state index in [0.717, 1.165) is 12.8 Å². The van der Waals surface area contributed by atoms with Gasteiger partial charge < -0.3 is 5.32 Å². The van der Waals surface area contributed by atoms with Gasteiger partial charge in [-0.25, -0.2) is 8.78 Å². The molecule has 15 heavy (non-hydrogen) atoms. The third-order valence-corrected chi connectivity index (χ3v) is 4.27. The molecule has 88 valence electrons. The van der Waals surface area contributed by atoms with Crippen molar-refractivity contribution < 1.29 is 8.78 Å². The minimum atomic E-state index is -2.20. The van der Waals surface area contributed by atoms with Crippen molar-refractivity contribution in [2.75, 3.05) is 6.54 Å². The van der Waals surface area contributed by atoms with Crippen LogP contribution < -0.4 is 5.32 Å². The summed E-state index contributed by atoms with van der Waals surface area (Å²) in [5.41, 5.74) is 0.614. The van der Waals surface area contributed by atoms with Crippen molar-refractivity contribution in [3.05, 3.63) is 0 Å². The molecule has 0 aromatic carbocycles. The minimum absolute atomic E-state index is 0.127. The van der Waals surface area contributed by atoms with Crippen LogP contribution in [0.5, 0.6) is 0 Å². The zero-order valence-corrected chi connectivity index (χ0v) is 9.27. The highest BCUT2D eigenvalue weighted by Crippen LogP contribution is 2.48. The highest BCUT2D eigenvalue weighted by atomic mass is 19.3. The third kappa shape index (κ3) is 2.90. The lowest BCUT2D eigenvalue weighted by Crippen LogP contribution is -2.38. The summed E-state index contributed by atoms with van der Waals surface area (Å²) in [6.45, 7) is -0.127. The van der Waals surface area contributed by atoms with Gasteiger partial charge in [0, 0.05) is 6.04 Å². The molecule has 2 fully saturated rings. The van der Waals surface area contributed by atoms with Gasteiger partial charge >= 0.3 is 0 Å². The van der Waals surface area contributed by atoms with Gasteiger partial charge in [-0.3, -0.25) is 0 Å². The Morgan fingerprint density at radius 1 is 1.07 bits per heavy atom. The lowest BCUT2D eigenvalue weighted by Gasteiger charge is -2.37. The van der Waals surface area contributed by atoms with Crippen LogP contribution in [0.4, 0.5) is 8.78 Å². The molecular formula is C12H21F2N. The molecule has 2 saturated carbocycles. The maximum absolute atomic E-state index is 12.0. The van der Waals surface area contributed by atoms with Crippen molar-refractivity contribution in [3.8, 4) is 0 Å². The van der Waals surface area contributed by atoms with Crippen LogP contribution in [0.2, 0.25) is 0 Å². The fraction of sp³-hybridized carbons (Fsp3) is 1.00. The van der Waals surface area contributed by atoms with Crippen molar-refractivity contribution >= 4 is 0 Å². The standard InChI is InChI=1S/C12H21F2N/c13-11(14)9-15-10-3-7-12(8-4-10)5-1-2-6-12/h10-11,15H,1-9H2. The van der Waals surface area contributed by atoms with Gasteiger partial charge in [-0.05, 0) is 43.9 Å². The Kier molecular flexibility index (Phi) is 3.60. The second-order valence-corrected chi connectivity index (χ2v) is 5.28. The lowest BCUT2D eigenvalue weighted by molar-refractivity contribution is 0.123. The Hall–Kier alpha value is -0.180. The topological polar surface area (TPSA) is 12.0 Å². The molecule has 0 aliphatic heterocycles. The van der Waals surface area contributed by atoms with E-state index in [1.165, 1.54) is 38.5 Å². The number of hydrogen-bond acceptors (Lipinski definition) is 1. The van der Waals surface area contributed by atoms with E-state index in [2.05, 4.69) is 5.32 Å². The van der Waals surface area contributed by atoms with Gasteiger partial charge in [0.05, 0.1) is 6.54 Å². The van der Waals surface area contributed by atoms with Crippen LogP contribution in [0, 0.1) is 5.41 Å². The Labute approximate surface area is 90.6 Å². The molecule has 2 rings (SSSR count). The summed E-state index contributed by atoms with van der Waals surface area (Å²) in [4.78, 5) is 0. The predicted octanol–water partition coefficient (Wildman–Crippen LogP) is 3.34. The molecule has 0 heterocycles. The van der Waals surface area contributed by atoms with Crippen molar-refractivity contribution in [2.24, 2.45) is 5.41 Å². The second-order valence-electron chi connectivity index (χ2n) is 5.28. The van der Waals surface area contributed by atoms with Gasteiger partial charge in [-0.2, -0.15) is 0 Å². The molecule has 0 aromatic rings. The summed E-state index contributed by atoms with van der Waals surface area (Å²) in [7, 11) is 0. The zero-order valence-electron chi connectivity index (χ0n) is 9.27. The molecule has 0 aromatic heterocycles. The van der Waals surface area contributed by atoms with E-state index < -0.39 is 6.43 Å². The first-order chi connectivity index (χ1) is 7.20. The molecule has 0 saturated heterocycles. The first-order valence-electron chi connectivity index (χ1n) is 6.22. The van der Waals surface area contributed by atoms with Crippen LogP contribution in [-0.2, 0) is 0 Å². The van der Waals surface area contributed by atoms with E-state index in [1.54, 1.807) is 0 Å². The molecule has 2 aliphatic carbocycles. The van der Waals surface area contributed by atoms with Crippen LogP contribution in [0.25, 0.3) is 0 Å². The molecule has 0 bridgehead atoms. The first kappa shape index (κ1) is 11.3. The van der Waals surface area contributed by atoms with Crippen molar-refractivity contribution in [2.45, 2.75) is 63.8 Å². The van der Waals surface area contributed by atoms with Gasteiger partial charge in [0.2, 0.25) is 0 Å². The highest BCUT2D eigenvalue weighted by molar-refractivity contribution is 4.91. The number of rotatable bonds is 3. The Morgan fingerprint density at radius 2 is 1.67 bits per heavy atom. The second kappa shape index (κ2) is 4.77. The van der Waals surface area contributed by atoms with Gasteiger partial charge in [-0.1, -0.05) is 12.8 Å². The Balaban J connectivity index is 1.72. The smallest absolute Gasteiger partial charge is 0.250 e. The SMILES string of the molecule is FC(F)CNC1CCC2(CCCC2)CC1. The molecule has 0 atom stereocenters. The molecule has 2 aliphatic rings. The monoisotopic (exact) mass is 217 g/mol. The maximum atomic E-state index is 12.0.